The van der Waals surface area contributed by atoms with Crippen LogP contribution in [0.5, 0.6) is 0 Å². The number of hydrogen-bond acceptors (Lipinski definition) is 3. The van der Waals surface area contributed by atoms with Crippen molar-refractivity contribution in [2.24, 2.45) is 11.1 Å². The standard InChI is InChI=1S/C12H22F2N2O2/c1-10(2,3)18-9(17)16-7-11(4,6-15)5-12(13,14)8-16/h5-8,15H2,1-4H3. The van der Waals surface area contributed by atoms with Crippen LogP contribution < -0.4 is 5.73 Å². The summed E-state index contributed by atoms with van der Waals surface area (Å²) in [6.45, 7) is 6.49. The summed E-state index contributed by atoms with van der Waals surface area (Å²) in [6.07, 6.45) is -1.00. The van der Waals surface area contributed by atoms with E-state index in [0.717, 1.165) is 4.90 Å². The molecule has 0 aromatic heterocycles. The first kappa shape index (κ1) is 15.1. The monoisotopic (exact) mass is 264 g/mol. The van der Waals surface area contributed by atoms with Gasteiger partial charge in [-0.05, 0) is 27.3 Å². The molecular formula is C12H22F2N2O2. The van der Waals surface area contributed by atoms with Crippen LogP contribution in [0, 0.1) is 5.41 Å². The molecule has 0 saturated carbocycles. The average molecular weight is 264 g/mol. The predicted octanol–water partition coefficient (Wildman–Crippen LogP) is 2.23. The van der Waals surface area contributed by atoms with E-state index in [1.54, 1.807) is 27.7 Å². The van der Waals surface area contributed by atoms with Crippen LogP contribution in [0.2, 0.25) is 0 Å². The fourth-order valence-electron chi connectivity index (χ4n) is 2.12. The van der Waals surface area contributed by atoms with Gasteiger partial charge in [-0.1, -0.05) is 6.92 Å². The topological polar surface area (TPSA) is 55.6 Å². The van der Waals surface area contributed by atoms with E-state index in [1.807, 2.05) is 0 Å². The molecule has 1 aliphatic rings. The Bertz CT molecular complexity index is 329. The molecular weight excluding hydrogens is 242 g/mol. The number of ether oxygens (including phenoxy) is 1. The Morgan fingerprint density at radius 2 is 1.94 bits per heavy atom. The van der Waals surface area contributed by atoms with Gasteiger partial charge in [0.1, 0.15) is 5.60 Å². The van der Waals surface area contributed by atoms with Gasteiger partial charge < -0.3 is 15.4 Å². The molecule has 1 aliphatic heterocycles. The van der Waals surface area contributed by atoms with Gasteiger partial charge in [0.25, 0.3) is 5.92 Å². The highest BCUT2D eigenvalue weighted by atomic mass is 19.3. The van der Waals surface area contributed by atoms with Gasteiger partial charge >= 0.3 is 6.09 Å². The fraction of sp³-hybridized carbons (Fsp3) is 0.917. The number of carbonyl (C=O) groups is 1. The number of halogens is 2. The van der Waals surface area contributed by atoms with Crippen LogP contribution in [0.15, 0.2) is 0 Å². The van der Waals surface area contributed by atoms with E-state index in [4.69, 9.17) is 10.5 Å². The van der Waals surface area contributed by atoms with Crippen molar-refractivity contribution in [2.45, 2.75) is 45.6 Å². The summed E-state index contributed by atoms with van der Waals surface area (Å²) in [7, 11) is 0. The molecule has 2 N–H and O–H groups in total. The Hall–Kier alpha value is -0.910. The molecule has 4 nitrogen and oxygen atoms in total. The average Bonchev–Trinajstić information content (AvgIpc) is 2.12. The van der Waals surface area contributed by atoms with Crippen LogP contribution in [0.3, 0.4) is 0 Å². The number of piperidine rings is 1. The predicted molar refractivity (Wildman–Crippen MR) is 64.5 cm³/mol. The van der Waals surface area contributed by atoms with Gasteiger partial charge in [-0.2, -0.15) is 0 Å². The summed E-state index contributed by atoms with van der Waals surface area (Å²) in [5.74, 6) is -2.91. The molecule has 1 unspecified atom stereocenters. The third-order valence-corrected chi connectivity index (χ3v) is 2.82. The second-order valence-corrected chi connectivity index (χ2v) is 6.38. The van der Waals surface area contributed by atoms with Crippen molar-refractivity contribution in [3.63, 3.8) is 0 Å². The fourth-order valence-corrected chi connectivity index (χ4v) is 2.12. The number of amides is 1. The van der Waals surface area contributed by atoms with E-state index in [0.29, 0.717) is 0 Å². The minimum absolute atomic E-state index is 0.113. The first-order valence-corrected chi connectivity index (χ1v) is 6.02. The Kier molecular flexibility index (Phi) is 3.91. The number of hydrogen-bond donors (Lipinski definition) is 1. The maximum absolute atomic E-state index is 13.6. The van der Waals surface area contributed by atoms with Crippen molar-refractivity contribution in [3.8, 4) is 0 Å². The zero-order chi connectivity index (χ0) is 14.2. The summed E-state index contributed by atoms with van der Waals surface area (Å²) in [5.41, 5.74) is 4.08. The molecule has 1 amide bonds. The highest BCUT2D eigenvalue weighted by Crippen LogP contribution is 2.38. The lowest BCUT2D eigenvalue weighted by molar-refractivity contribution is -0.108. The maximum atomic E-state index is 13.6. The molecule has 1 rings (SSSR count). The number of nitrogens with two attached hydrogens (primary N) is 1. The summed E-state index contributed by atoms with van der Waals surface area (Å²) in [5, 5.41) is 0. The molecule has 0 aromatic carbocycles. The SMILES string of the molecule is CC1(CN)CN(C(=O)OC(C)(C)C)CC(F)(F)C1. The molecule has 6 heteroatoms. The lowest BCUT2D eigenvalue weighted by Crippen LogP contribution is -2.56. The van der Waals surface area contributed by atoms with E-state index in [1.165, 1.54) is 0 Å². The molecule has 106 valence electrons. The number of carbonyl (C=O) groups excluding carboxylic acids is 1. The minimum Gasteiger partial charge on any atom is -0.444 e. The summed E-state index contributed by atoms with van der Waals surface area (Å²) >= 11 is 0. The van der Waals surface area contributed by atoms with Crippen molar-refractivity contribution in [1.29, 1.82) is 0 Å². The highest BCUT2D eigenvalue weighted by molar-refractivity contribution is 5.68. The van der Waals surface area contributed by atoms with Gasteiger partial charge in [0.2, 0.25) is 0 Å². The largest absolute Gasteiger partial charge is 0.444 e. The third-order valence-electron chi connectivity index (χ3n) is 2.82. The van der Waals surface area contributed by atoms with E-state index in [-0.39, 0.29) is 19.5 Å². The van der Waals surface area contributed by atoms with Crippen molar-refractivity contribution in [3.05, 3.63) is 0 Å². The van der Waals surface area contributed by atoms with E-state index >= 15 is 0 Å². The van der Waals surface area contributed by atoms with Gasteiger partial charge in [0, 0.05) is 18.4 Å². The van der Waals surface area contributed by atoms with E-state index in [9.17, 15) is 13.6 Å². The zero-order valence-corrected chi connectivity index (χ0v) is 11.4. The maximum Gasteiger partial charge on any atom is 0.410 e. The van der Waals surface area contributed by atoms with Gasteiger partial charge in [-0.3, -0.25) is 0 Å². The number of likely N-dealkylation sites (tertiary alicyclic amines) is 1. The van der Waals surface area contributed by atoms with E-state index in [2.05, 4.69) is 0 Å². The molecule has 0 bridgehead atoms. The smallest absolute Gasteiger partial charge is 0.410 e. The second kappa shape index (κ2) is 4.64. The molecule has 1 saturated heterocycles. The van der Waals surface area contributed by atoms with Crippen LogP contribution in [0.1, 0.15) is 34.1 Å². The van der Waals surface area contributed by atoms with Gasteiger partial charge in [-0.15, -0.1) is 0 Å². The Morgan fingerprint density at radius 1 is 1.39 bits per heavy atom. The van der Waals surface area contributed by atoms with Crippen molar-refractivity contribution in [1.82, 2.24) is 4.90 Å². The minimum atomic E-state index is -2.91. The molecule has 0 radical (unpaired) electrons. The van der Waals surface area contributed by atoms with Crippen LogP contribution in [-0.2, 0) is 4.74 Å². The van der Waals surface area contributed by atoms with Crippen LogP contribution in [0.25, 0.3) is 0 Å². The second-order valence-electron chi connectivity index (χ2n) is 6.38. The Labute approximate surface area is 106 Å². The lowest BCUT2D eigenvalue weighted by Gasteiger charge is -2.43. The van der Waals surface area contributed by atoms with E-state index < -0.39 is 29.6 Å². The summed E-state index contributed by atoms with van der Waals surface area (Å²) in [6, 6.07) is 0. The summed E-state index contributed by atoms with van der Waals surface area (Å²) < 4.78 is 32.4. The molecule has 0 aromatic rings. The van der Waals surface area contributed by atoms with Crippen molar-refractivity contribution >= 4 is 6.09 Å². The normalized spacial score (nSPS) is 28.1. The third kappa shape index (κ3) is 4.08. The zero-order valence-electron chi connectivity index (χ0n) is 11.4. The van der Waals surface area contributed by atoms with Crippen LogP contribution in [0.4, 0.5) is 13.6 Å². The van der Waals surface area contributed by atoms with Gasteiger partial charge in [-0.25, -0.2) is 13.6 Å². The molecule has 1 atom stereocenters. The van der Waals surface area contributed by atoms with Crippen LogP contribution >= 0.6 is 0 Å². The first-order chi connectivity index (χ1) is 7.96. The Morgan fingerprint density at radius 3 is 2.39 bits per heavy atom. The molecule has 1 fully saturated rings. The number of alkyl halides is 2. The number of rotatable bonds is 1. The summed E-state index contributed by atoms with van der Waals surface area (Å²) in [4.78, 5) is 12.9. The first-order valence-electron chi connectivity index (χ1n) is 6.02. The highest BCUT2D eigenvalue weighted by Gasteiger charge is 2.48. The Balaban J connectivity index is 2.80. The quantitative estimate of drug-likeness (QED) is 0.790. The molecule has 0 aliphatic carbocycles. The lowest BCUT2D eigenvalue weighted by atomic mass is 9.80. The van der Waals surface area contributed by atoms with Gasteiger partial charge in [0.05, 0.1) is 6.54 Å². The molecule has 0 spiro atoms. The van der Waals surface area contributed by atoms with Crippen LogP contribution in [-0.4, -0.2) is 42.2 Å². The van der Waals surface area contributed by atoms with Crippen molar-refractivity contribution < 1.29 is 18.3 Å². The number of nitrogens with zero attached hydrogens (tertiary/aromatic N) is 1. The van der Waals surface area contributed by atoms with Gasteiger partial charge in [0.15, 0.2) is 0 Å². The molecule has 18 heavy (non-hydrogen) atoms. The molecule has 1 heterocycles. The van der Waals surface area contributed by atoms with Crippen molar-refractivity contribution in [2.75, 3.05) is 19.6 Å².